The zero-order valence-electron chi connectivity index (χ0n) is 12.0. The van der Waals surface area contributed by atoms with Gasteiger partial charge in [-0.3, -0.25) is 0 Å². The number of nitrogens with zero attached hydrogens (tertiary/aromatic N) is 2. The van der Waals surface area contributed by atoms with Crippen molar-refractivity contribution in [1.29, 1.82) is 0 Å². The Balaban J connectivity index is 1.96. The van der Waals surface area contributed by atoms with E-state index in [9.17, 15) is 19.0 Å². The molecule has 1 aliphatic heterocycles. The first kappa shape index (κ1) is 19.5. The van der Waals surface area contributed by atoms with Gasteiger partial charge in [0.25, 0.3) is 0 Å². The summed E-state index contributed by atoms with van der Waals surface area (Å²) >= 11 is 0. The van der Waals surface area contributed by atoms with Crippen LogP contribution in [0.15, 0.2) is 10.9 Å². The quantitative estimate of drug-likeness (QED) is 0.257. The van der Waals surface area contributed by atoms with Gasteiger partial charge in [-0.05, 0) is 12.8 Å². The van der Waals surface area contributed by atoms with Crippen LogP contribution in [0.1, 0.15) is 19.1 Å². The van der Waals surface area contributed by atoms with E-state index in [2.05, 4.69) is 13.8 Å². The Labute approximate surface area is 135 Å². The molecule has 0 amide bonds. The Morgan fingerprint density at radius 1 is 1.38 bits per heavy atom. The first-order chi connectivity index (χ1) is 11.0. The summed E-state index contributed by atoms with van der Waals surface area (Å²) in [5.74, 6) is -1.22. The number of nitrogens with two attached hydrogens (primary N) is 1. The van der Waals surface area contributed by atoms with Gasteiger partial charge in [-0.1, -0.05) is 0 Å². The lowest BCUT2D eigenvalue weighted by atomic mass is 10.2. The van der Waals surface area contributed by atoms with Crippen LogP contribution >= 0.6 is 16.3 Å². The number of nitrogen functional groups attached to an aromatic ring is 1. The number of hydrogen-bond donors (Lipinski definition) is 6. The summed E-state index contributed by atoms with van der Waals surface area (Å²) in [6.45, 7) is -0.476. The number of hydrogen-bond acceptors (Lipinski definition) is 11. The Kier molecular flexibility index (Phi) is 5.83. The molecule has 2 rings (SSSR count). The predicted molar refractivity (Wildman–Crippen MR) is 78.0 cm³/mol. The van der Waals surface area contributed by atoms with Crippen molar-refractivity contribution in [2.24, 2.45) is 0 Å². The minimum atomic E-state index is -4.91. The fraction of sp³-hybridized carbons (Fsp3) is 0.556. The monoisotopic (exact) mass is 391 g/mol. The van der Waals surface area contributed by atoms with E-state index in [0.717, 1.165) is 6.07 Å². The van der Waals surface area contributed by atoms with E-state index in [1.807, 2.05) is 0 Å². The third-order valence-corrected chi connectivity index (χ3v) is 5.16. The average Bonchev–Trinajstić information content (AvgIpc) is 2.81. The van der Waals surface area contributed by atoms with E-state index in [1.165, 1.54) is 0 Å². The van der Waals surface area contributed by atoms with E-state index in [-0.39, 0.29) is 18.7 Å². The summed E-state index contributed by atoms with van der Waals surface area (Å²) in [6.07, 6.45) is -1.30. The van der Waals surface area contributed by atoms with Crippen molar-refractivity contribution in [3.63, 3.8) is 0 Å². The average molecular weight is 391 g/mol. The molecule has 12 nitrogen and oxygen atoms in total. The highest BCUT2D eigenvalue weighted by atomic mass is 31.3. The van der Waals surface area contributed by atoms with Crippen LogP contribution in [0, 0.1) is 5.95 Å². The summed E-state index contributed by atoms with van der Waals surface area (Å²) in [5.41, 5.74) is 4.31. The zero-order valence-corrected chi connectivity index (χ0v) is 13.8. The fourth-order valence-electron chi connectivity index (χ4n) is 2.09. The van der Waals surface area contributed by atoms with Crippen LogP contribution in [-0.2, 0) is 13.6 Å². The highest BCUT2D eigenvalue weighted by molar-refractivity contribution is 7.67. The van der Waals surface area contributed by atoms with E-state index in [0.29, 0.717) is 4.57 Å². The summed E-state index contributed by atoms with van der Waals surface area (Å²) in [5, 5.41) is 0. The molecule has 2 unspecified atom stereocenters. The van der Waals surface area contributed by atoms with Gasteiger partial charge in [-0.25, -0.2) is 9.36 Å². The Hall–Kier alpha value is -0.850. The molecule has 1 aromatic heterocycles. The summed E-state index contributed by atoms with van der Waals surface area (Å²) in [6, 6.07) is 0.855. The zero-order chi connectivity index (χ0) is 18.1. The molecule has 1 aliphatic rings. The van der Waals surface area contributed by atoms with E-state index in [4.69, 9.17) is 25.2 Å². The van der Waals surface area contributed by atoms with Crippen LogP contribution in [0.4, 0.5) is 10.2 Å². The van der Waals surface area contributed by atoms with Crippen LogP contribution in [-0.4, -0.2) is 46.7 Å². The van der Waals surface area contributed by atoms with Crippen molar-refractivity contribution in [2.75, 3.05) is 12.3 Å². The lowest BCUT2D eigenvalue weighted by Crippen LogP contribution is -2.30. The Morgan fingerprint density at radius 3 is 2.62 bits per heavy atom. The second kappa shape index (κ2) is 7.18. The van der Waals surface area contributed by atoms with Crippen molar-refractivity contribution in [3.8, 4) is 0 Å². The fourth-order valence-corrected chi connectivity index (χ4v) is 3.78. The predicted octanol–water partition coefficient (Wildman–Crippen LogP) is -1.01. The van der Waals surface area contributed by atoms with Gasteiger partial charge in [-0.2, -0.15) is 33.8 Å². The standard InChI is InChI=1S/C9H15FN3O9P2/c10-6-3-7(11)12-9(14)13(6)8-2-1-5(21-8)4-20-24(18,19)22-23(15,16)17/h3,5,8,15-19H,1-2,4H2,(H-,11,12,14)/q+1/p+1. The van der Waals surface area contributed by atoms with Gasteiger partial charge in [0.1, 0.15) is 18.7 Å². The molecule has 136 valence electrons. The van der Waals surface area contributed by atoms with Crippen LogP contribution in [0.5, 0.6) is 0 Å². The first-order valence-corrected chi connectivity index (χ1v) is 9.54. The second-order valence-electron chi connectivity index (χ2n) is 4.83. The highest BCUT2D eigenvalue weighted by Gasteiger charge is 2.58. The molecular weight excluding hydrogens is 375 g/mol. The molecule has 24 heavy (non-hydrogen) atoms. The van der Waals surface area contributed by atoms with Crippen molar-refractivity contribution in [1.82, 2.24) is 9.55 Å². The van der Waals surface area contributed by atoms with Crippen molar-refractivity contribution >= 4 is 22.2 Å². The smallest absolute Gasteiger partial charge is 0.383 e. The van der Waals surface area contributed by atoms with Gasteiger partial charge < -0.3 is 10.5 Å². The van der Waals surface area contributed by atoms with Crippen LogP contribution in [0.25, 0.3) is 0 Å². The SMILES string of the molecule is Nc1cc(F)n(C2CCC(CO[P+](O)(O)O[P+](O)(O)O)O2)c(=O)n1. The molecule has 7 N–H and O–H groups in total. The maximum Gasteiger partial charge on any atom is 0.620 e. The van der Waals surface area contributed by atoms with Crippen LogP contribution in [0.2, 0.25) is 0 Å². The van der Waals surface area contributed by atoms with Gasteiger partial charge in [-0.15, -0.1) is 4.52 Å². The molecule has 0 aliphatic carbocycles. The Bertz CT molecular complexity index is 652. The normalized spacial score (nSPS) is 22.1. The molecule has 1 fully saturated rings. The van der Waals surface area contributed by atoms with Crippen molar-refractivity contribution in [2.45, 2.75) is 25.2 Å². The molecule has 0 bridgehead atoms. The maximum absolute atomic E-state index is 13.8. The van der Waals surface area contributed by atoms with Gasteiger partial charge in [0.15, 0.2) is 0 Å². The van der Waals surface area contributed by atoms with Crippen molar-refractivity contribution < 1.29 is 42.4 Å². The number of ether oxygens (including phenoxy) is 1. The molecule has 0 aromatic carbocycles. The molecule has 2 atom stereocenters. The third kappa shape index (κ3) is 5.33. The largest absolute Gasteiger partial charge is 0.620 e. The molecule has 0 saturated carbocycles. The third-order valence-electron chi connectivity index (χ3n) is 2.95. The van der Waals surface area contributed by atoms with E-state index in [1.54, 1.807) is 0 Å². The maximum atomic E-state index is 13.8. The molecule has 2 heterocycles. The first-order valence-electron chi connectivity index (χ1n) is 6.44. The van der Waals surface area contributed by atoms with Gasteiger partial charge in [0.2, 0.25) is 5.95 Å². The number of aromatic nitrogens is 2. The lowest BCUT2D eigenvalue weighted by molar-refractivity contribution is -0.0321. The molecule has 15 heteroatoms. The van der Waals surface area contributed by atoms with Gasteiger partial charge in [0, 0.05) is 6.07 Å². The summed E-state index contributed by atoms with van der Waals surface area (Å²) in [4.78, 5) is 59.5. The summed E-state index contributed by atoms with van der Waals surface area (Å²) < 4.78 is 28.2. The van der Waals surface area contributed by atoms with E-state index < -0.39 is 46.9 Å². The van der Waals surface area contributed by atoms with E-state index >= 15 is 0 Å². The Morgan fingerprint density at radius 2 is 2.04 bits per heavy atom. The molecule has 0 radical (unpaired) electrons. The molecule has 1 aromatic rings. The van der Waals surface area contributed by atoms with Crippen molar-refractivity contribution in [3.05, 3.63) is 22.5 Å². The second-order valence-corrected chi connectivity index (χ2v) is 7.75. The highest BCUT2D eigenvalue weighted by Crippen LogP contribution is 2.67. The van der Waals surface area contributed by atoms with Gasteiger partial charge >= 0.3 is 22.0 Å². The molecule has 0 spiro atoms. The molecular formula is C9H16FN3O9P2+2. The number of rotatable bonds is 6. The summed E-state index contributed by atoms with van der Waals surface area (Å²) in [7, 11) is -9.59. The topological polar surface area (TPSA) is 190 Å². The minimum absolute atomic E-state index is 0.205. The lowest BCUT2D eigenvalue weighted by Gasteiger charge is -2.16. The van der Waals surface area contributed by atoms with Crippen LogP contribution < -0.4 is 11.4 Å². The van der Waals surface area contributed by atoms with Gasteiger partial charge in [0.05, 0.1) is 10.4 Å². The number of anilines is 1. The minimum Gasteiger partial charge on any atom is -0.383 e. The van der Waals surface area contributed by atoms with Crippen LogP contribution in [0.3, 0.4) is 0 Å². The number of halogens is 1. The molecule has 1 saturated heterocycles.